The summed E-state index contributed by atoms with van der Waals surface area (Å²) in [6, 6.07) is 3.42. The minimum Gasteiger partial charge on any atom is -0.480 e. The van der Waals surface area contributed by atoms with E-state index < -0.39 is 72.2 Å². The molecule has 4 amide bonds. The summed E-state index contributed by atoms with van der Waals surface area (Å²) >= 11 is 0. The summed E-state index contributed by atoms with van der Waals surface area (Å²) in [5.74, 6) is -5.12. The first kappa shape index (κ1) is 29.5. The van der Waals surface area contributed by atoms with Crippen LogP contribution >= 0.6 is 0 Å². The third-order valence-corrected chi connectivity index (χ3v) is 5.55. The number of aliphatic hydroxyl groups is 1. The number of aliphatic hydroxyl groups excluding tert-OH is 1. The van der Waals surface area contributed by atoms with Crippen LogP contribution in [-0.2, 0) is 30.4 Å². The number of carboxylic acids is 1. The van der Waals surface area contributed by atoms with E-state index >= 15 is 0 Å². The molecule has 194 valence electrons. The Morgan fingerprint density at radius 3 is 1.94 bits per heavy atom. The Balaban J connectivity index is 3.14. The number of carbonyl (C=O) groups excluding carboxylic acids is 4. The number of nitrogens with two attached hydrogens (primary N) is 2. The van der Waals surface area contributed by atoms with E-state index in [1.807, 2.05) is 0 Å². The van der Waals surface area contributed by atoms with Crippen LogP contribution in [0.1, 0.15) is 39.2 Å². The number of primary amides is 1. The summed E-state index contributed by atoms with van der Waals surface area (Å²) in [6.07, 6.45) is -1.31. The van der Waals surface area contributed by atoms with Gasteiger partial charge in [-0.3, -0.25) is 19.2 Å². The van der Waals surface area contributed by atoms with E-state index in [4.69, 9.17) is 11.5 Å². The lowest BCUT2D eigenvalue weighted by atomic mass is 9.98. The molecule has 12 heteroatoms. The molecule has 0 spiro atoms. The second-order valence-electron chi connectivity index (χ2n) is 8.46. The van der Waals surface area contributed by atoms with Gasteiger partial charge in [-0.2, -0.15) is 0 Å². The van der Waals surface area contributed by atoms with Crippen LogP contribution in [0.4, 0.5) is 0 Å². The normalized spacial score (nSPS) is 16.0. The molecule has 0 bridgehead atoms. The van der Waals surface area contributed by atoms with Gasteiger partial charge in [0.15, 0.2) is 0 Å². The topological polar surface area (TPSA) is 214 Å². The fraction of sp³-hybridized carbons (Fsp3) is 0.522. The standard InChI is InChI=1S/C23H35N5O7/c1-4-12(2)19(23(34)35)28-21(32)16(11-17(24)30)26-20(31)15(10-14-8-6-5-7-9-14)27-22(33)18(25)13(3)29/h5-9,12-13,15-16,18-19,29H,4,10-11,25H2,1-3H3,(H2,24,30)(H,26,31)(H,27,33)(H,28,32)(H,34,35). The Morgan fingerprint density at radius 1 is 0.914 bits per heavy atom. The van der Waals surface area contributed by atoms with Gasteiger partial charge in [0.05, 0.1) is 12.5 Å². The molecule has 0 aliphatic rings. The average molecular weight is 494 g/mol. The van der Waals surface area contributed by atoms with Gasteiger partial charge >= 0.3 is 5.97 Å². The number of amides is 4. The second-order valence-corrected chi connectivity index (χ2v) is 8.46. The van der Waals surface area contributed by atoms with Crippen LogP contribution in [0.5, 0.6) is 0 Å². The zero-order valence-electron chi connectivity index (χ0n) is 20.1. The number of rotatable bonds is 14. The largest absolute Gasteiger partial charge is 0.480 e. The van der Waals surface area contributed by atoms with Crippen LogP contribution in [0, 0.1) is 5.92 Å². The van der Waals surface area contributed by atoms with Gasteiger partial charge in [0.25, 0.3) is 0 Å². The minimum atomic E-state index is -1.48. The summed E-state index contributed by atoms with van der Waals surface area (Å²) in [5.41, 5.74) is 11.6. The van der Waals surface area contributed by atoms with Crippen molar-refractivity contribution in [1.29, 1.82) is 0 Å². The first-order chi connectivity index (χ1) is 16.4. The molecular weight excluding hydrogens is 458 g/mol. The van der Waals surface area contributed by atoms with E-state index in [2.05, 4.69) is 16.0 Å². The Hall–Kier alpha value is -3.51. The molecule has 35 heavy (non-hydrogen) atoms. The molecule has 0 radical (unpaired) electrons. The predicted octanol–water partition coefficient (Wildman–Crippen LogP) is -1.60. The molecular formula is C23H35N5O7. The zero-order chi connectivity index (χ0) is 26.7. The van der Waals surface area contributed by atoms with Crippen LogP contribution in [-0.4, -0.2) is 70.1 Å². The lowest BCUT2D eigenvalue weighted by molar-refractivity contribution is -0.144. The van der Waals surface area contributed by atoms with Crippen molar-refractivity contribution in [3.05, 3.63) is 35.9 Å². The maximum atomic E-state index is 13.1. The van der Waals surface area contributed by atoms with Gasteiger partial charge in [0.2, 0.25) is 23.6 Å². The predicted molar refractivity (Wildman–Crippen MR) is 126 cm³/mol. The molecule has 0 aromatic heterocycles. The molecule has 6 unspecified atom stereocenters. The first-order valence-corrected chi connectivity index (χ1v) is 11.3. The fourth-order valence-electron chi connectivity index (χ4n) is 3.17. The highest BCUT2D eigenvalue weighted by atomic mass is 16.4. The number of hydrogen-bond acceptors (Lipinski definition) is 7. The molecule has 0 saturated heterocycles. The molecule has 9 N–H and O–H groups in total. The Bertz CT molecular complexity index is 894. The van der Waals surface area contributed by atoms with Crippen molar-refractivity contribution >= 4 is 29.6 Å². The lowest BCUT2D eigenvalue weighted by Gasteiger charge is -2.26. The molecule has 0 fully saturated rings. The van der Waals surface area contributed by atoms with E-state index in [1.54, 1.807) is 44.2 Å². The zero-order valence-corrected chi connectivity index (χ0v) is 20.1. The van der Waals surface area contributed by atoms with E-state index in [1.165, 1.54) is 6.92 Å². The number of carboxylic acid groups (broad SMARTS) is 1. The van der Waals surface area contributed by atoms with Crippen LogP contribution in [0.15, 0.2) is 30.3 Å². The first-order valence-electron chi connectivity index (χ1n) is 11.3. The highest BCUT2D eigenvalue weighted by Gasteiger charge is 2.33. The van der Waals surface area contributed by atoms with Crippen molar-refractivity contribution in [1.82, 2.24) is 16.0 Å². The van der Waals surface area contributed by atoms with Crippen LogP contribution in [0.25, 0.3) is 0 Å². The second kappa shape index (κ2) is 14.0. The van der Waals surface area contributed by atoms with Gasteiger partial charge in [-0.1, -0.05) is 50.6 Å². The molecule has 0 saturated carbocycles. The maximum Gasteiger partial charge on any atom is 0.326 e. The van der Waals surface area contributed by atoms with Gasteiger partial charge in [-0.15, -0.1) is 0 Å². The number of nitrogens with one attached hydrogen (secondary N) is 3. The minimum absolute atomic E-state index is 0.0144. The summed E-state index contributed by atoms with van der Waals surface area (Å²) in [7, 11) is 0. The third kappa shape index (κ3) is 9.71. The summed E-state index contributed by atoms with van der Waals surface area (Å²) in [4.78, 5) is 61.5. The molecule has 0 aliphatic heterocycles. The van der Waals surface area contributed by atoms with E-state index in [0.29, 0.717) is 12.0 Å². The van der Waals surface area contributed by atoms with E-state index in [0.717, 1.165) is 0 Å². The third-order valence-electron chi connectivity index (χ3n) is 5.55. The van der Waals surface area contributed by atoms with Crippen molar-refractivity contribution in [3.63, 3.8) is 0 Å². The highest BCUT2D eigenvalue weighted by molar-refractivity contribution is 5.96. The number of hydrogen-bond donors (Lipinski definition) is 7. The van der Waals surface area contributed by atoms with Gasteiger partial charge in [0.1, 0.15) is 24.2 Å². The molecule has 0 aliphatic carbocycles. The molecule has 1 aromatic carbocycles. The molecule has 1 aromatic rings. The number of benzene rings is 1. The van der Waals surface area contributed by atoms with Gasteiger partial charge in [-0.05, 0) is 18.4 Å². The van der Waals surface area contributed by atoms with Crippen molar-refractivity contribution in [2.75, 3.05) is 0 Å². The van der Waals surface area contributed by atoms with Crippen molar-refractivity contribution in [2.45, 2.75) is 70.3 Å². The highest BCUT2D eigenvalue weighted by Crippen LogP contribution is 2.10. The Kier molecular flexibility index (Phi) is 11.8. The Labute approximate surface area is 203 Å². The fourth-order valence-corrected chi connectivity index (χ4v) is 3.17. The maximum absolute atomic E-state index is 13.1. The molecule has 0 heterocycles. The van der Waals surface area contributed by atoms with Crippen LogP contribution in [0.2, 0.25) is 0 Å². The van der Waals surface area contributed by atoms with Crippen LogP contribution in [0.3, 0.4) is 0 Å². The smallest absolute Gasteiger partial charge is 0.326 e. The average Bonchev–Trinajstić information content (AvgIpc) is 2.80. The lowest BCUT2D eigenvalue weighted by Crippen LogP contribution is -2.59. The number of carbonyl (C=O) groups is 5. The molecule has 12 nitrogen and oxygen atoms in total. The summed E-state index contributed by atoms with van der Waals surface area (Å²) in [6.45, 7) is 4.71. The van der Waals surface area contributed by atoms with Gasteiger partial charge in [-0.25, -0.2) is 4.79 Å². The quantitative estimate of drug-likeness (QED) is 0.160. The Morgan fingerprint density at radius 2 is 1.46 bits per heavy atom. The van der Waals surface area contributed by atoms with Crippen molar-refractivity contribution in [2.24, 2.45) is 17.4 Å². The van der Waals surface area contributed by atoms with Gasteiger partial charge in [0, 0.05) is 6.42 Å². The monoisotopic (exact) mass is 493 g/mol. The van der Waals surface area contributed by atoms with Gasteiger partial charge < -0.3 is 37.6 Å². The summed E-state index contributed by atoms with van der Waals surface area (Å²) in [5, 5.41) is 26.2. The molecule has 1 rings (SSSR count). The summed E-state index contributed by atoms with van der Waals surface area (Å²) < 4.78 is 0. The molecule has 6 atom stereocenters. The van der Waals surface area contributed by atoms with Crippen LogP contribution < -0.4 is 27.4 Å². The number of aliphatic carboxylic acids is 1. The van der Waals surface area contributed by atoms with Crippen molar-refractivity contribution in [3.8, 4) is 0 Å². The van der Waals surface area contributed by atoms with E-state index in [9.17, 15) is 34.2 Å². The van der Waals surface area contributed by atoms with Crippen molar-refractivity contribution < 1.29 is 34.2 Å². The van der Waals surface area contributed by atoms with E-state index in [-0.39, 0.29) is 6.42 Å². The SMILES string of the molecule is CCC(C)C(NC(=O)C(CC(N)=O)NC(=O)C(Cc1ccccc1)NC(=O)C(N)C(C)O)C(=O)O.